The highest BCUT2D eigenvalue weighted by molar-refractivity contribution is 7.90. The van der Waals surface area contributed by atoms with Gasteiger partial charge in [0, 0.05) is 19.7 Å². The average Bonchev–Trinajstić information content (AvgIpc) is 2.46. The van der Waals surface area contributed by atoms with Crippen molar-refractivity contribution in [1.82, 2.24) is 9.62 Å². The molecule has 1 aliphatic heterocycles. The van der Waals surface area contributed by atoms with Gasteiger partial charge in [-0.15, -0.1) is 0 Å². The van der Waals surface area contributed by atoms with E-state index >= 15 is 0 Å². The predicted octanol–water partition coefficient (Wildman–Crippen LogP) is 0.0333. The molecule has 0 unspecified atom stereocenters. The Morgan fingerprint density at radius 2 is 2.06 bits per heavy atom. The maximum absolute atomic E-state index is 11.8. The fourth-order valence-corrected chi connectivity index (χ4v) is 2.73. The summed E-state index contributed by atoms with van der Waals surface area (Å²) in [7, 11) is -1.24. The number of hydrogen-bond acceptors (Lipinski definition) is 4. The number of likely N-dealkylation sites (N-methyl/N-ethyl adjacent to an activating group) is 1. The molecule has 0 radical (unpaired) electrons. The zero-order chi connectivity index (χ0) is 12.3. The number of nitrogens with zero attached hydrogens (tertiary/aromatic N) is 1. The van der Waals surface area contributed by atoms with Crippen molar-refractivity contribution in [3.8, 4) is 0 Å². The Balaban J connectivity index is 2.65. The molecule has 0 amide bonds. The second kappa shape index (κ2) is 5.44. The molecular weight excluding hydrogens is 228 g/mol. The van der Waals surface area contributed by atoms with Crippen molar-refractivity contribution >= 4 is 10.0 Å². The zero-order valence-electron chi connectivity index (χ0n) is 10.4. The minimum Gasteiger partial charge on any atom is -0.375 e. The van der Waals surface area contributed by atoms with E-state index in [0.29, 0.717) is 13.2 Å². The van der Waals surface area contributed by atoms with Crippen molar-refractivity contribution in [2.45, 2.75) is 38.2 Å². The Morgan fingerprint density at radius 1 is 1.44 bits per heavy atom. The second-order valence-corrected chi connectivity index (χ2v) is 6.80. The fourth-order valence-electron chi connectivity index (χ4n) is 1.81. The lowest BCUT2D eigenvalue weighted by atomic mass is 10.2. The van der Waals surface area contributed by atoms with Crippen LogP contribution >= 0.6 is 0 Å². The summed E-state index contributed by atoms with van der Waals surface area (Å²) >= 11 is 0. The predicted molar refractivity (Wildman–Crippen MR) is 63.9 cm³/mol. The first kappa shape index (κ1) is 13.9. The minimum atomic E-state index is -3.21. The van der Waals surface area contributed by atoms with Gasteiger partial charge in [0.1, 0.15) is 0 Å². The van der Waals surface area contributed by atoms with Crippen molar-refractivity contribution in [2.24, 2.45) is 0 Å². The molecule has 1 fully saturated rings. The van der Waals surface area contributed by atoms with Crippen molar-refractivity contribution in [1.29, 1.82) is 0 Å². The van der Waals surface area contributed by atoms with Crippen LogP contribution in [-0.2, 0) is 14.8 Å². The number of nitrogens with one attached hydrogen (secondary N) is 1. The Morgan fingerprint density at radius 3 is 2.56 bits per heavy atom. The van der Waals surface area contributed by atoms with Gasteiger partial charge in [0.25, 0.3) is 0 Å². The largest absolute Gasteiger partial charge is 0.375 e. The molecule has 1 heterocycles. The molecule has 0 bridgehead atoms. The zero-order valence-corrected chi connectivity index (χ0v) is 11.3. The maximum atomic E-state index is 11.8. The topological polar surface area (TPSA) is 58.6 Å². The molecule has 5 nitrogen and oxygen atoms in total. The monoisotopic (exact) mass is 250 g/mol. The Bertz CT molecular complexity index is 316. The Kier molecular flexibility index (Phi) is 4.73. The summed E-state index contributed by atoms with van der Waals surface area (Å²) in [5.74, 6) is 0. The van der Waals surface area contributed by atoms with Crippen LogP contribution in [0.1, 0.15) is 20.8 Å². The van der Waals surface area contributed by atoms with E-state index in [1.807, 2.05) is 14.0 Å². The first-order chi connectivity index (χ1) is 7.36. The van der Waals surface area contributed by atoms with Gasteiger partial charge in [-0.25, -0.2) is 13.1 Å². The van der Waals surface area contributed by atoms with Crippen LogP contribution in [0, 0.1) is 0 Å². The molecule has 96 valence electrons. The molecule has 1 saturated heterocycles. The SMILES string of the molecule is CCO[C@H]1CN(C)C[C@@H]1NS(=O)(=O)C(C)C. The number of hydrogen-bond donors (Lipinski definition) is 1. The highest BCUT2D eigenvalue weighted by atomic mass is 32.2. The summed E-state index contributed by atoms with van der Waals surface area (Å²) in [5, 5.41) is -0.402. The summed E-state index contributed by atoms with van der Waals surface area (Å²) in [6.07, 6.45) is -0.0384. The molecule has 0 aromatic carbocycles. The maximum Gasteiger partial charge on any atom is 0.214 e. The van der Waals surface area contributed by atoms with Crippen molar-refractivity contribution in [3.05, 3.63) is 0 Å². The van der Waals surface area contributed by atoms with Gasteiger partial charge in [-0.2, -0.15) is 0 Å². The smallest absolute Gasteiger partial charge is 0.214 e. The molecule has 6 heteroatoms. The van der Waals surface area contributed by atoms with E-state index in [4.69, 9.17) is 4.74 Å². The van der Waals surface area contributed by atoms with Crippen LogP contribution in [0.5, 0.6) is 0 Å². The van der Waals surface area contributed by atoms with Crippen LogP contribution in [0.4, 0.5) is 0 Å². The van der Waals surface area contributed by atoms with E-state index in [9.17, 15) is 8.42 Å². The Hall–Kier alpha value is -0.170. The first-order valence-electron chi connectivity index (χ1n) is 5.68. The highest BCUT2D eigenvalue weighted by Crippen LogP contribution is 2.13. The quantitative estimate of drug-likeness (QED) is 0.748. The van der Waals surface area contributed by atoms with Crippen LogP contribution in [0.3, 0.4) is 0 Å². The van der Waals surface area contributed by atoms with Crippen molar-refractivity contribution < 1.29 is 13.2 Å². The summed E-state index contributed by atoms with van der Waals surface area (Å²) < 4.78 is 31.8. The number of sulfonamides is 1. The number of ether oxygens (including phenoxy) is 1. The molecule has 0 aliphatic carbocycles. The van der Waals surface area contributed by atoms with Gasteiger partial charge < -0.3 is 9.64 Å². The van der Waals surface area contributed by atoms with Gasteiger partial charge in [0.2, 0.25) is 10.0 Å². The van der Waals surface area contributed by atoms with Crippen LogP contribution in [0.25, 0.3) is 0 Å². The van der Waals surface area contributed by atoms with E-state index in [0.717, 1.165) is 6.54 Å². The van der Waals surface area contributed by atoms with E-state index in [1.54, 1.807) is 13.8 Å². The second-order valence-electron chi connectivity index (χ2n) is 4.53. The minimum absolute atomic E-state index is 0.0384. The lowest BCUT2D eigenvalue weighted by Gasteiger charge is -2.20. The average molecular weight is 250 g/mol. The summed E-state index contributed by atoms with van der Waals surface area (Å²) in [6, 6.07) is -0.127. The van der Waals surface area contributed by atoms with Gasteiger partial charge in [-0.3, -0.25) is 0 Å². The van der Waals surface area contributed by atoms with Crippen molar-refractivity contribution in [2.75, 3.05) is 26.7 Å². The molecule has 1 aliphatic rings. The van der Waals surface area contributed by atoms with Crippen LogP contribution in [0.2, 0.25) is 0 Å². The Labute approximate surface area is 98.2 Å². The van der Waals surface area contributed by atoms with E-state index in [1.165, 1.54) is 0 Å². The third-order valence-electron chi connectivity index (χ3n) is 2.77. The first-order valence-corrected chi connectivity index (χ1v) is 7.22. The molecule has 0 spiro atoms. The van der Waals surface area contributed by atoms with E-state index in [-0.39, 0.29) is 12.1 Å². The van der Waals surface area contributed by atoms with Crippen LogP contribution < -0.4 is 4.72 Å². The van der Waals surface area contributed by atoms with E-state index < -0.39 is 15.3 Å². The summed E-state index contributed by atoms with van der Waals surface area (Å²) in [4.78, 5) is 2.08. The lowest BCUT2D eigenvalue weighted by molar-refractivity contribution is 0.0588. The molecule has 0 aromatic heterocycles. The third kappa shape index (κ3) is 3.41. The summed E-state index contributed by atoms with van der Waals surface area (Å²) in [5.41, 5.74) is 0. The van der Waals surface area contributed by atoms with Crippen LogP contribution in [0.15, 0.2) is 0 Å². The third-order valence-corrected chi connectivity index (χ3v) is 4.64. The molecule has 0 aromatic rings. The van der Waals surface area contributed by atoms with Crippen LogP contribution in [-0.4, -0.2) is 57.5 Å². The molecule has 2 atom stereocenters. The van der Waals surface area contributed by atoms with Gasteiger partial charge in [-0.05, 0) is 27.8 Å². The van der Waals surface area contributed by atoms with Gasteiger partial charge >= 0.3 is 0 Å². The number of rotatable bonds is 5. The highest BCUT2D eigenvalue weighted by Gasteiger charge is 2.34. The van der Waals surface area contributed by atoms with E-state index in [2.05, 4.69) is 9.62 Å². The van der Waals surface area contributed by atoms with Crippen molar-refractivity contribution in [3.63, 3.8) is 0 Å². The molecular formula is C10H22N2O3S. The molecule has 0 saturated carbocycles. The molecule has 1 rings (SSSR count). The number of likely N-dealkylation sites (tertiary alicyclic amines) is 1. The fraction of sp³-hybridized carbons (Fsp3) is 1.00. The summed E-state index contributed by atoms with van der Waals surface area (Å²) in [6.45, 7) is 7.37. The van der Waals surface area contributed by atoms with Gasteiger partial charge in [-0.1, -0.05) is 0 Å². The lowest BCUT2D eigenvalue weighted by Crippen LogP contribution is -2.46. The van der Waals surface area contributed by atoms with Gasteiger partial charge in [0.05, 0.1) is 17.4 Å². The molecule has 1 N–H and O–H groups in total. The normalized spacial score (nSPS) is 27.8. The van der Waals surface area contributed by atoms with Gasteiger partial charge in [0.15, 0.2) is 0 Å². The standard InChI is InChI=1S/C10H22N2O3S/c1-5-15-10-7-12(4)6-9(10)11-16(13,14)8(2)3/h8-11H,5-7H2,1-4H3/t9-,10-/m0/s1. The molecule has 16 heavy (non-hydrogen) atoms.